The van der Waals surface area contributed by atoms with Gasteiger partial charge in [-0.2, -0.15) is 0 Å². The molecule has 0 aliphatic heterocycles. The molecule has 0 bridgehead atoms. The highest BCUT2D eigenvalue weighted by atomic mass is 79.9. The highest BCUT2D eigenvalue weighted by molar-refractivity contribution is 9.10. The summed E-state index contributed by atoms with van der Waals surface area (Å²) in [6.07, 6.45) is 0.0280. The Morgan fingerprint density at radius 1 is 1.17 bits per heavy atom. The lowest BCUT2D eigenvalue weighted by Gasteiger charge is -2.17. The number of methoxy groups -OCH3 is 1. The maximum atomic E-state index is 12.4. The number of anilines is 1. The minimum absolute atomic E-state index is 0.162. The average Bonchev–Trinajstić information content (AvgIpc) is 2.56. The van der Waals surface area contributed by atoms with E-state index >= 15 is 0 Å². The molecule has 1 amide bonds. The van der Waals surface area contributed by atoms with E-state index < -0.39 is 6.10 Å². The molecule has 0 saturated carbocycles. The molecule has 0 heterocycles. The summed E-state index contributed by atoms with van der Waals surface area (Å²) in [5.41, 5.74) is 1.82. The van der Waals surface area contributed by atoms with Gasteiger partial charge in [0.2, 0.25) is 0 Å². The van der Waals surface area contributed by atoms with Crippen molar-refractivity contribution in [2.75, 3.05) is 12.4 Å². The van der Waals surface area contributed by atoms with Gasteiger partial charge < -0.3 is 14.8 Å². The van der Waals surface area contributed by atoms with Gasteiger partial charge in [0.25, 0.3) is 5.91 Å². The van der Waals surface area contributed by atoms with Gasteiger partial charge in [-0.05, 0) is 61.4 Å². The van der Waals surface area contributed by atoms with Crippen molar-refractivity contribution in [3.63, 3.8) is 0 Å². The Bertz CT molecular complexity index is 670. The Kier molecular flexibility index (Phi) is 6.04. The molecule has 0 aromatic heterocycles. The van der Waals surface area contributed by atoms with Gasteiger partial charge in [0, 0.05) is 10.2 Å². The van der Waals surface area contributed by atoms with Gasteiger partial charge in [0.15, 0.2) is 6.10 Å². The number of rotatable bonds is 6. The molecular formula is C18H20BrNO3. The van der Waals surface area contributed by atoms with Crippen LogP contribution in [-0.2, 0) is 4.79 Å². The number of nitrogens with one attached hydrogen (secondary N) is 1. The maximum absolute atomic E-state index is 12.4. The lowest BCUT2D eigenvalue weighted by atomic mass is 10.2. The van der Waals surface area contributed by atoms with Gasteiger partial charge in [-0.1, -0.05) is 22.9 Å². The Morgan fingerprint density at radius 3 is 2.39 bits per heavy atom. The Labute approximate surface area is 144 Å². The van der Waals surface area contributed by atoms with Crippen LogP contribution in [0.2, 0.25) is 0 Å². The van der Waals surface area contributed by atoms with Crippen LogP contribution in [0, 0.1) is 6.92 Å². The molecule has 0 radical (unpaired) electrons. The molecule has 2 aromatic rings. The van der Waals surface area contributed by atoms with Crippen LogP contribution in [-0.4, -0.2) is 19.1 Å². The number of hydrogen-bond donors (Lipinski definition) is 1. The van der Waals surface area contributed by atoms with E-state index in [0.717, 1.165) is 21.5 Å². The van der Waals surface area contributed by atoms with E-state index in [2.05, 4.69) is 21.2 Å². The average molecular weight is 378 g/mol. The molecule has 1 N–H and O–H groups in total. The summed E-state index contributed by atoms with van der Waals surface area (Å²) in [5.74, 6) is 1.23. The number of ether oxygens (including phenoxy) is 2. The van der Waals surface area contributed by atoms with Crippen LogP contribution in [0.4, 0.5) is 5.69 Å². The number of amides is 1. The third kappa shape index (κ3) is 4.73. The van der Waals surface area contributed by atoms with Gasteiger partial charge in [0.1, 0.15) is 11.5 Å². The van der Waals surface area contributed by atoms with Crippen molar-refractivity contribution in [2.45, 2.75) is 26.4 Å². The first kappa shape index (κ1) is 17.3. The van der Waals surface area contributed by atoms with E-state index in [1.165, 1.54) is 0 Å². The zero-order chi connectivity index (χ0) is 16.8. The molecule has 23 heavy (non-hydrogen) atoms. The van der Waals surface area contributed by atoms with Gasteiger partial charge in [-0.15, -0.1) is 0 Å². The van der Waals surface area contributed by atoms with Crippen LogP contribution in [0.5, 0.6) is 11.5 Å². The molecule has 0 fully saturated rings. The fourth-order valence-corrected chi connectivity index (χ4v) is 2.33. The van der Waals surface area contributed by atoms with Crippen LogP contribution in [0.15, 0.2) is 46.9 Å². The molecule has 5 heteroatoms. The van der Waals surface area contributed by atoms with Gasteiger partial charge >= 0.3 is 0 Å². The first-order chi connectivity index (χ1) is 11.0. The third-order valence-corrected chi connectivity index (χ3v) is 4.32. The standard InChI is InChI=1S/C18H20BrNO3/c1-4-17(23-15-8-6-14(22-3)7-9-15)18(21)20-13-5-10-16(19)12(2)11-13/h5-11,17H,4H2,1-3H3,(H,20,21). The van der Waals surface area contributed by atoms with Crippen molar-refractivity contribution >= 4 is 27.5 Å². The first-order valence-electron chi connectivity index (χ1n) is 7.41. The fourth-order valence-electron chi connectivity index (χ4n) is 2.09. The highest BCUT2D eigenvalue weighted by Gasteiger charge is 2.18. The first-order valence-corrected chi connectivity index (χ1v) is 8.20. The summed E-state index contributed by atoms with van der Waals surface area (Å²) < 4.78 is 11.9. The summed E-state index contributed by atoms with van der Waals surface area (Å²) in [6.45, 7) is 3.89. The number of aryl methyl sites for hydroxylation is 1. The molecule has 2 rings (SSSR count). The number of halogens is 1. The minimum Gasteiger partial charge on any atom is -0.497 e. The molecular weight excluding hydrogens is 358 g/mol. The molecule has 2 aromatic carbocycles. The number of hydrogen-bond acceptors (Lipinski definition) is 3. The van der Waals surface area contributed by atoms with Crippen molar-refractivity contribution in [2.24, 2.45) is 0 Å². The summed E-state index contributed by atoms with van der Waals surface area (Å²) in [4.78, 5) is 12.4. The quantitative estimate of drug-likeness (QED) is 0.802. The SMILES string of the molecule is CCC(Oc1ccc(OC)cc1)C(=O)Nc1ccc(Br)c(C)c1. The van der Waals surface area contributed by atoms with Crippen molar-refractivity contribution in [1.29, 1.82) is 0 Å². The second-order valence-corrected chi connectivity index (χ2v) is 6.00. The minimum atomic E-state index is -0.549. The predicted octanol–water partition coefficient (Wildman–Crippen LogP) is 4.56. The number of carbonyl (C=O) groups excluding carboxylic acids is 1. The van der Waals surface area contributed by atoms with Crippen molar-refractivity contribution < 1.29 is 14.3 Å². The van der Waals surface area contributed by atoms with E-state index in [4.69, 9.17) is 9.47 Å². The van der Waals surface area contributed by atoms with E-state index in [1.807, 2.05) is 32.0 Å². The molecule has 4 nitrogen and oxygen atoms in total. The van der Waals surface area contributed by atoms with Crippen molar-refractivity contribution in [1.82, 2.24) is 0 Å². The van der Waals surface area contributed by atoms with Gasteiger partial charge in [-0.25, -0.2) is 0 Å². The lowest BCUT2D eigenvalue weighted by molar-refractivity contribution is -0.122. The van der Waals surface area contributed by atoms with E-state index in [0.29, 0.717) is 12.2 Å². The van der Waals surface area contributed by atoms with Crippen molar-refractivity contribution in [3.05, 3.63) is 52.5 Å². The molecule has 0 aliphatic rings. The summed E-state index contributed by atoms with van der Waals surface area (Å²) in [6, 6.07) is 12.9. The second kappa shape index (κ2) is 8.02. The topological polar surface area (TPSA) is 47.6 Å². The van der Waals surface area contributed by atoms with Crippen LogP contribution in [0.3, 0.4) is 0 Å². The van der Waals surface area contributed by atoms with Gasteiger partial charge in [0.05, 0.1) is 7.11 Å². The zero-order valence-electron chi connectivity index (χ0n) is 13.4. The second-order valence-electron chi connectivity index (χ2n) is 5.14. The third-order valence-electron chi connectivity index (χ3n) is 3.43. The predicted molar refractivity (Wildman–Crippen MR) is 95.2 cm³/mol. The summed E-state index contributed by atoms with van der Waals surface area (Å²) >= 11 is 3.45. The van der Waals surface area contributed by atoms with Crippen LogP contribution in [0.1, 0.15) is 18.9 Å². The summed E-state index contributed by atoms with van der Waals surface area (Å²) in [5, 5.41) is 2.89. The molecule has 0 aliphatic carbocycles. The molecule has 122 valence electrons. The highest BCUT2D eigenvalue weighted by Crippen LogP contribution is 2.22. The van der Waals surface area contributed by atoms with E-state index in [9.17, 15) is 4.79 Å². The Hall–Kier alpha value is -2.01. The maximum Gasteiger partial charge on any atom is 0.265 e. The largest absolute Gasteiger partial charge is 0.497 e. The van der Waals surface area contributed by atoms with Crippen LogP contribution in [0.25, 0.3) is 0 Å². The van der Waals surface area contributed by atoms with E-state index in [1.54, 1.807) is 31.4 Å². The molecule has 0 saturated heterocycles. The number of carbonyl (C=O) groups is 1. The number of benzene rings is 2. The Morgan fingerprint density at radius 2 is 1.83 bits per heavy atom. The monoisotopic (exact) mass is 377 g/mol. The fraction of sp³-hybridized carbons (Fsp3) is 0.278. The lowest BCUT2D eigenvalue weighted by Crippen LogP contribution is -2.32. The zero-order valence-corrected chi connectivity index (χ0v) is 15.0. The molecule has 0 spiro atoms. The van der Waals surface area contributed by atoms with E-state index in [-0.39, 0.29) is 5.91 Å². The van der Waals surface area contributed by atoms with Crippen LogP contribution >= 0.6 is 15.9 Å². The smallest absolute Gasteiger partial charge is 0.265 e. The normalized spacial score (nSPS) is 11.7. The Balaban J connectivity index is 2.03. The van der Waals surface area contributed by atoms with Crippen molar-refractivity contribution in [3.8, 4) is 11.5 Å². The molecule has 1 unspecified atom stereocenters. The van der Waals surface area contributed by atoms with Crippen LogP contribution < -0.4 is 14.8 Å². The van der Waals surface area contributed by atoms with Gasteiger partial charge in [-0.3, -0.25) is 4.79 Å². The summed E-state index contributed by atoms with van der Waals surface area (Å²) in [7, 11) is 1.61. The molecule has 1 atom stereocenters.